The van der Waals surface area contributed by atoms with Crippen LogP contribution < -0.4 is 15.4 Å². The second kappa shape index (κ2) is 9.93. The lowest BCUT2D eigenvalue weighted by Crippen LogP contribution is -2.37. The minimum Gasteiger partial charge on any atom is -0.496 e. The highest BCUT2D eigenvalue weighted by atomic mass is 35.5. The van der Waals surface area contributed by atoms with Crippen LogP contribution in [0.2, 0.25) is 5.02 Å². The van der Waals surface area contributed by atoms with Gasteiger partial charge in [0.15, 0.2) is 5.96 Å². The predicted molar refractivity (Wildman–Crippen MR) is 114 cm³/mol. The van der Waals surface area contributed by atoms with E-state index >= 15 is 0 Å². The fourth-order valence-corrected chi connectivity index (χ4v) is 2.88. The van der Waals surface area contributed by atoms with Crippen molar-refractivity contribution < 1.29 is 9.26 Å². The number of ether oxygens (including phenoxy) is 1. The fourth-order valence-electron chi connectivity index (χ4n) is 2.76. The van der Waals surface area contributed by atoms with Gasteiger partial charge < -0.3 is 19.9 Å². The van der Waals surface area contributed by atoms with Gasteiger partial charge in [0, 0.05) is 42.7 Å². The van der Waals surface area contributed by atoms with Gasteiger partial charge in [-0.2, -0.15) is 4.98 Å². The number of benzene rings is 2. The van der Waals surface area contributed by atoms with Gasteiger partial charge in [-0.1, -0.05) is 28.9 Å². The molecular weight excluding hydrogens is 390 g/mol. The zero-order chi connectivity index (χ0) is 20.6. The molecule has 0 fully saturated rings. The highest BCUT2D eigenvalue weighted by Gasteiger charge is 2.09. The molecule has 8 heteroatoms. The average molecular weight is 414 g/mol. The Morgan fingerprint density at radius 1 is 1.17 bits per heavy atom. The molecule has 0 aliphatic heterocycles. The smallest absolute Gasteiger partial charge is 0.228 e. The number of aromatic nitrogens is 2. The number of hydrogen-bond donors (Lipinski definition) is 2. The van der Waals surface area contributed by atoms with Gasteiger partial charge in [0.1, 0.15) is 5.75 Å². The minimum atomic E-state index is 0.547. The van der Waals surface area contributed by atoms with Crippen LogP contribution in [0.5, 0.6) is 5.75 Å². The molecule has 0 aliphatic carbocycles. The first-order valence-electron chi connectivity index (χ1n) is 9.25. The number of halogens is 1. The summed E-state index contributed by atoms with van der Waals surface area (Å²) in [5.41, 5.74) is 3.08. The second-order valence-corrected chi connectivity index (χ2v) is 6.87. The number of rotatable bonds is 7. The van der Waals surface area contributed by atoms with E-state index in [1.54, 1.807) is 26.3 Å². The van der Waals surface area contributed by atoms with Crippen LogP contribution >= 0.6 is 11.6 Å². The van der Waals surface area contributed by atoms with Crippen molar-refractivity contribution in [3.8, 4) is 17.1 Å². The van der Waals surface area contributed by atoms with Crippen LogP contribution in [0.3, 0.4) is 0 Å². The molecule has 29 heavy (non-hydrogen) atoms. The Hall–Kier alpha value is -3.06. The fraction of sp³-hybridized carbons (Fsp3) is 0.286. The van der Waals surface area contributed by atoms with Crippen LogP contribution in [0, 0.1) is 6.92 Å². The first kappa shape index (κ1) is 20.7. The van der Waals surface area contributed by atoms with E-state index in [0.29, 0.717) is 42.2 Å². The molecule has 7 nitrogen and oxygen atoms in total. The molecule has 1 aromatic heterocycles. The molecular formula is C21H24ClN5O2. The van der Waals surface area contributed by atoms with Crippen molar-refractivity contribution in [2.24, 2.45) is 4.99 Å². The first-order chi connectivity index (χ1) is 14.1. The standard InChI is InChI=1S/C21H24ClN5O2/c1-14-4-5-16(18(12-14)28-3)13-25-21(23-2)24-11-10-19-26-20(27-29-19)15-6-8-17(22)9-7-15/h4-9,12H,10-11,13H2,1-3H3,(H2,23,24,25). The summed E-state index contributed by atoms with van der Waals surface area (Å²) in [6.45, 7) is 3.24. The van der Waals surface area contributed by atoms with Gasteiger partial charge in [0.2, 0.25) is 11.7 Å². The van der Waals surface area contributed by atoms with Crippen molar-refractivity contribution in [2.45, 2.75) is 19.9 Å². The van der Waals surface area contributed by atoms with Crippen LogP contribution in [0.4, 0.5) is 0 Å². The van der Waals surface area contributed by atoms with E-state index in [4.69, 9.17) is 20.9 Å². The summed E-state index contributed by atoms with van der Waals surface area (Å²) in [6, 6.07) is 13.4. The molecule has 0 saturated heterocycles. The van der Waals surface area contributed by atoms with E-state index in [2.05, 4.69) is 31.8 Å². The number of methoxy groups -OCH3 is 1. The van der Waals surface area contributed by atoms with Gasteiger partial charge >= 0.3 is 0 Å². The quantitative estimate of drug-likeness (QED) is 0.454. The molecule has 3 aromatic rings. The number of nitrogens with zero attached hydrogens (tertiary/aromatic N) is 3. The number of aryl methyl sites for hydroxylation is 1. The third-order valence-electron chi connectivity index (χ3n) is 4.31. The van der Waals surface area contributed by atoms with Crippen molar-refractivity contribution in [1.29, 1.82) is 0 Å². The lowest BCUT2D eigenvalue weighted by Gasteiger charge is -2.13. The van der Waals surface area contributed by atoms with E-state index < -0.39 is 0 Å². The summed E-state index contributed by atoms with van der Waals surface area (Å²) >= 11 is 5.91. The summed E-state index contributed by atoms with van der Waals surface area (Å²) in [5, 5.41) is 11.2. The summed E-state index contributed by atoms with van der Waals surface area (Å²) in [4.78, 5) is 8.66. The van der Waals surface area contributed by atoms with Crippen LogP contribution in [-0.2, 0) is 13.0 Å². The summed E-state index contributed by atoms with van der Waals surface area (Å²) in [7, 11) is 3.40. The van der Waals surface area contributed by atoms with Crippen LogP contribution in [0.1, 0.15) is 17.0 Å². The Morgan fingerprint density at radius 3 is 2.69 bits per heavy atom. The molecule has 0 atom stereocenters. The molecule has 0 aliphatic rings. The molecule has 0 saturated carbocycles. The topological polar surface area (TPSA) is 84.6 Å². The normalized spacial score (nSPS) is 11.4. The van der Waals surface area contributed by atoms with Crippen molar-refractivity contribution >= 4 is 17.6 Å². The van der Waals surface area contributed by atoms with E-state index in [0.717, 1.165) is 22.4 Å². The molecule has 2 N–H and O–H groups in total. The lowest BCUT2D eigenvalue weighted by atomic mass is 10.1. The average Bonchev–Trinajstić information content (AvgIpc) is 3.20. The van der Waals surface area contributed by atoms with Gasteiger partial charge in [0.25, 0.3) is 0 Å². The first-order valence-corrected chi connectivity index (χ1v) is 9.63. The zero-order valence-corrected chi connectivity index (χ0v) is 17.5. The maximum atomic E-state index is 5.91. The van der Waals surface area contributed by atoms with Crippen LogP contribution in [0.25, 0.3) is 11.4 Å². The summed E-state index contributed by atoms with van der Waals surface area (Å²) in [5.74, 6) is 2.64. The third kappa shape index (κ3) is 5.71. The summed E-state index contributed by atoms with van der Waals surface area (Å²) < 4.78 is 10.8. The molecule has 1 heterocycles. The van der Waals surface area contributed by atoms with E-state index in [9.17, 15) is 0 Å². The maximum Gasteiger partial charge on any atom is 0.228 e. The SMILES string of the molecule is CN=C(NCCc1nc(-c2ccc(Cl)cc2)no1)NCc1ccc(C)cc1OC. The molecule has 3 rings (SSSR count). The van der Waals surface area contributed by atoms with Gasteiger partial charge in [-0.3, -0.25) is 4.99 Å². The predicted octanol–water partition coefficient (Wildman–Crippen LogP) is 3.61. The Labute approximate surface area is 175 Å². The highest BCUT2D eigenvalue weighted by Crippen LogP contribution is 2.20. The lowest BCUT2D eigenvalue weighted by molar-refractivity contribution is 0.378. The van der Waals surface area contributed by atoms with Crippen molar-refractivity contribution in [3.63, 3.8) is 0 Å². The molecule has 0 amide bonds. The zero-order valence-electron chi connectivity index (χ0n) is 16.7. The molecule has 152 valence electrons. The minimum absolute atomic E-state index is 0.547. The Kier molecular flexibility index (Phi) is 7.08. The Balaban J connectivity index is 1.50. The monoisotopic (exact) mass is 413 g/mol. The number of aliphatic imine (C=N–C) groups is 1. The highest BCUT2D eigenvalue weighted by molar-refractivity contribution is 6.30. The van der Waals surface area contributed by atoms with Gasteiger partial charge in [-0.25, -0.2) is 0 Å². The van der Waals surface area contributed by atoms with Crippen LogP contribution in [0.15, 0.2) is 52.0 Å². The molecule has 0 radical (unpaired) electrons. The van der Waals surface area contributed by atoms with Crippen molar-refractivity contribution in [2.75, 3.05) is 20.7 Å². The van der Waals surface area contributed by atoms with Crippen LogP contribution in [-0.4, -0.2) is 36.8 Å². The van der Waals surface area contributed by atoms with E-state index in [1.807, 2.05) is 31.2 Å². The molecule has 0 bridgehead atoms. The number of guanidine groups is 1. The Morgan fingerprint density at radius 2 is 1.97 bits per heavy atom. The Bertz CT molecular complexity index is 969. The van der Waals surface area contributed by atoms with Gasteiger partial charge in [0.05, 0.1) is 7.11 Å². The molecule has 0 spiro atoms. The maximum absolute atomic E-state index is 5.91. The van der Waals surface area contributed by atoms with Crippen molar-refractivity contribution in [1.82, 2.24) is 20.8 Å². The van der Waals surface area contributed by atoms with Gasteiger partial charge in [-0.05, 0) is 42.8 Å². The van der Waals surface area contributed by atoms with Gasteiger partial charge in [-0.15, -0.1) is 0 Å². The van der Waals surface area contributed by atoms with E-state index in [1.165, 1.54) is 0 Å². The summed E-state index contributed by atoms with van der Waals surface area (Å²) in [6.07, 6.45) is 0.579. The second-order valence-electron chi connectivity index (χ2n) is 6.44. The largest absolute Gasteiger partial charge is 0.496 e. The third-order valence-corrected chi connectivity index (χ3v) is 4.57. The van der Waals surface area contributed by atoms with E-state index in [-0.39, 0.29) is 0 Å². The molecule has 0 unspecified atom stereocenters. The number of hydrogen-bond acceptors (Lipinski definition) is 5. The van der Waals surface area contributed by atoms with Crippen molar-refractivity contribution in [3.05, 3.63) is 64.5 Å². The molecule has 2 aromatic carbocycles. The number of nitrogens with one attached hydrogen (secondary N) is 2.